The molecule has 122 valence electrons. The third kappa shape index (κ3) is 6.43. The number of hydrogen-bond acceptors (Lipinski definition) is 3. The number of nitrogens with zero attached hydrogens (tertiary/aromatic N) is 1. The van der Waals surface area contributed by atoms with Gasteiger partial charge in [0.05, 0.1) is 6.54 Å². The number of hydrogen-bond donors (Lipinski definition) is 1. The number of thiophene rings is 1. The van der Waals surface area contributed by atoms with Gasteiger partial charge in [-0.3, -0.25) is 9.59 Å². The topological polar surface area (TPSA) is 49.4 Å². The van der Waals surface area contributed by atoms with Crippen molar-refractivity contribution in [3.63, 3.8) is 0 Å². The van der Waals surface area contributed by atoms with E-state index in [0.717, 1.165) is 4.88 Å². The molecular formula is C17H26N2O2S. The van der Waals surface area contributed by atoms with Gasteiger partial charge in [-0.1, -0.05) is 32.9 Å². The lowest BCUT2D eigenvalue weighted by Crippen LogP contribution is -2.36. The Bertz CT molecular complexity index is 489. The van der Waals surface area contributed by atoms with E-state index in [4.69, 9.17) is 0 Å². The summed E-state index contributed by atoms with van der Waals surface area (Å²) in [5, 5.41) is 4.87. The Hall–Kier alpha value is -1.62. The minimum Gasteiger partial charge on any atom is -0.356 e. The maximum absolute atomic E-state index is 12.3. The molecule has 1 aromatic heterocycles. The molecule has 0 spiro atoms. The maximum Gasteiger partial charge on any atom is 0.225 e. The van der Waals surface area contributed by atoms with Crippen molar-refractivity contribution < 1.29 is 9.59 Å². The first kappa shape index (κ1) is 18.4. The number of carbonyl (C=O) groups excluding carboxylic acids is 2. The Kier molecular flexibility index (Phi) is 7.32. The van der Waals surface area contributed by atoms with E-state index in [1.165, 1.54) is 0 Å². The van der Waals surface area contributed by atoms with E-state index in [2.05, 4.69) is 11.9 Å². The standard InChI is InChI=1S/C17H26N2O2S/c1-5-11-19(13-14-8-7-12-22-14)15(20)9-6-10-18-16(21)17(2,3)4/h5,7-8,12H,1,6,9-11,13H2,2-4H3,(H,18,21). The minimum absolute atomic E-state index is 0.0153. The number of amides is 2. The highest BCUT2D eigenvalue weighted by Gasteiger charge is 2.20. The van der Waals surface area contributed by atoms with Crippen LogP contribution in [0.4, 0.5) is 0 Å². The summed E-state index contributed by atoms with van der Waals surface area (Å²) in [5.41, 5.74) is -0.391. The Balaban J connectivity index is 2.37. The van der Waals surface area contributed by atoms with Crippen LogP contribution >= 0.6 is 11.3 Å². The van der Waals surface area contributed by atoms with Crippen molar-refractivity contribution in [2.75, 3.05) is 13.1 Å². The molecule has 0 aromatic carbocycles. The van der Waals surface area contributed by atoms with Crippen LogP contribution in [0.3, 0.4) is 0 Å². The Morgan fingerprint density at radius 1 is 1.41 bits per heavy atom. The van der Waals surface area contributed by atoms with Crippen LogP contribution in [0.15, 0.2) is 30.2 Å². The summed E-state index contributed by atoms with van der Waals surface area (Å²) >= 11 is 1.64. The normalized spacial score (nSPS) is 11.0. The number of rotatable bonds is 8. The summed E-state index contributed by atoms with van der Waals surface area (Å²) in [6, 6.07) is 4.01. The Morgan fingerprint density at radius 3 is 2.68 bits per heavy atom. The predicted molar refractivity (Wildman–Crippen MR) is 91.6 cm³/mol. The van der Waals surface area contributed by atoms with Crippen LogP contribution in [0, 0.1) is 5.41 Å². The van der Waals surface area contributed by atoms with Gasteiger partial charge in [0.2, 0.25) is 11.8 Å². The zero-order valence-electron chi connectivity index (χ0n) is 13.7. The number of nitrogens with one attached hydrogen (secondary N) is 1. The highest BCUT2D eigenvalue weighted by molar-refractivity contribution is 7.09. The predicted octanol–water partition coefficient (Wildman–Crippen LogP) is 3.21. The summed E-state index contributed by atoms with van der Waals surface area (Å²) < 4.78 is 0. The van der Waals surface area contributed by atoms with Gasteiger partial charge in [-0.15, -0.1) is 17.9 Å². The van der Waals surface area contributed by atoms with Crippen molar-refractivity contribution >= 4 is 23.2 Å². The van der Waals surface area contributed by atoms with Gasteiger partial charge in [0.15, 0.2) is 0 Å². The monoisotopic (exact) mass is 322 g/mol. The second-order valence-electron chi connectivity index (χ2n) is 6.25. The molecule has 0 saturated carbocycles. The minimum atomic E-state index is -0.391. The third-order valence-electron chi connectivity index (χ3n) is 3.16. The van der Waals surface area contributed by atoms with Crippen molar-refractivity contribution in [2.24, 2.45) is 5.41 Å². The van der Waals surface area contributed by atoms with Crippen LogP contribution in [0.5, 0.6) is 0 Å². The molecule has 5 heteroatoms. The lowest BCUT2D eigenvalue weighted by atomic mass is 9.96. The Morgan fingerprint density at radius 2 is 2.14 bits per heavy atom. The van der Waals surface area contributed by atoms with Crippen molar-refractivity contribution in [2.45, 2.75) is 40.2 Å². The van der Waals surface area contributed by atoms with Crippen molar-refractivity contribution in [3.05, 3.63) is 35.0 Å². The average molecular weight is 322 g/mol. The van der Waals surface area contributed by atoms with Crippen molar-refractivity contribution in [3.8, 4) is 0 Å². The summed E-state index contributed by atoms with van der Waals surface area (Å²) in [7, 11) is 0. The lowest BCUT2D eigenvalue weighted by molar-refractivity contribution is -0.132. The lowest BCUT2D eigenvalue weighted by Gasteiger charge is -2.21. The zero-order chi connectivity index (χ0) is 16.6. The maximum atomic E-state index is 12.3. The van der Waals surface area contributed by atoms with Crippen LogP contribution < -0.4 is 5.32 Å². The van der Waals surface area contributed by atoms with E-state index in [1.807, 2.05) is 38.3 Å². The zero-order valence-corrected chi connectivity index (χ0v) is 14.5. The molecule has 0 saturated heterocycles. The second-order valence-corrected chi connectivity index (χ2v) is 7.28. The van der Waals surface area contributed by atoms with Gasteiger partial charge >= 0.3 is 0 Å². The van der Waals surface area contributed by atoms with Crippen LogP contribution in [0.2, 0.25) is 0 Å². The van der Waals surface area contributed by atoms with E-state index in [9.17, 15) is 9.59 Å². The van der Waals surface area contributed by atoms with E-state index >= 15 is 0 Å². The van der Waals surface area contributed by atoms with Crippen LogP contribution in [-0.4, -0.2) is 29.8 Å². The molecule has 0 aliphatic carbocycles. The van der Waals surface area contributed by atoms with Crippen molar-refractivity contribution in [1.82, 2.24) is 10.2 Å². The summed E-state index contributed by atoms with van der Waals surface area (Å²) in [6.07, 6.45) is 2.83. The SMILES string of the molecule is C=CCN(Cc1cccs1)C(=O)CCCNC(=O)C(C)(C)C. The van der Waals surface area contributed by atoms with Gasteiger partial charge < -0.3 is 10.2 Å². The smallest absolute Gasteiger partial charge is 0.225 e. The molecular weight excluding hydrogens is 296 g/mol. The highest BCUT2D eigenvalue weighted by Crippen LogP contribution is 2.14. The molecule has 1 N–H and O–H groups in total. The molecule has 2 amide bonds. The molecule has 1 aromatic rings. The van der Waals surface area contributed by atoms with Gasteiger partial charge in [0, 0.05) is 29.8 Å². The second kappa shape index (κ2) is 8.73. The quantitative estimate of drug-likeness (QED) is 0.590. The number of carbonyl (C=O) groups is 2. The van der Waals surface area contributed by atoms with Gasteiger partial charge in [-0.05, 0) is 17.9 Å². The molecule has 0 bridgehead atoms. The van der Waals surface area contributed by atoms with E-state index in [0.29, 0.717) is 32.5 Å². The highest BCUT2D eigenvalue weighted by atomic mass is 32.1. The first-order valence-corrected chi connectivity index (χ1v) is 8.42. The average Bonchev–Trinajstić information content (AvgIpc) is 2.94. The molecule has 22 heavy (non-hydrogen) atoms. The molecule has 4 nitrogen and oxygen atoms in total. The summed E-state index contributed by atoms with van der Waals surface area (Å²) in [4.78, 5) is 27.0. The molecule has 1 heterocycles. The van der Waals surface area contributed by atoms with Gasteiger partial charge in [0.25, 0.3) is 0 Å². The molecule has 0 aliphatic heterocycles. The van der Waals surface area contributed by atoms with E-state index < -0.39 is 5.41 Å². The van der Waals surface area contributed by atoms with Crippen LogP contribution in [0.1, 0.15) is 38.5 Å². The molecule has 0 unspecified atom stereocenters. The van der Waals surface area contributed by atoms with Crippen LogP contribution in [-0.2, 0) is 16.1 Å². The van der Waals surface area contributed by atoms with Crippen molar-refractivity contribution in [1.29, 1.82) is 0 Å². The van der Waals surface area contributed by atoms with E-state index in [1.54, 1.807) is 22.3 Å². The summed E-state index contributed by atoms with van der Waals surface area (Å²) in [5.74, 6) is 0.111. The molecule has 0 atom stereocenters. The fourth-order valence-electron chi connectivity index (χ4n) is 1.87. The van der Waals surface area contributed by atoms with Gasteiger partial charge in [-0.2, -0.15) is 0 Å². The first-order chi connectivity index (χ1) is 10.3. The fraction of sp³-hybridized carbons (Fsp3) is 0.529. The fourth-order valence-corrected chi connectivity index (χ4v) is 2.59. The molecule has 0 radical (unpaired) electrons. The van der Waals surface area contributed by atoms with Crippen LogP contribution in [0.25, 0.3) is 0 Å². The van der Waals surface area contributed by atoms with E-state index in [-0.39, 0.29) is 11.8 Å². The molecule has 0 fully saturated rings. The Labute approximate surface area is 137 Å². The van der Waals surface area contributed by atoms with Gasteiger partial charge in [0.1, 0.15) is 0 Å². The summed E-state index contributed by atoms with van der Waals surface area (Å²) in [6.45, 7) is 11.0. The largest absolute Gasteiger partial charge is 0.356 e. The van der Waals surface area contributed by atoms with Gasteiger partial charge in [-0.25, -0.2) is 0 Å². The third-order valence-corrected chi connectivity index (χ3v) is 4.02. The molecule has 0 aliphatic rings. The molecule has 1 rings (SSSR count). The first-order valence-electron chi connectivity index (χ1n) is 7.54.